The number of hydrogen-bond acceptors (Lipinski definition) is 3. The Kier molecular flexibility index (Phi) is 2.65. The first kappa shape index (κ1) is 11.9. The van der Waals surface area contributed by atoms with Gasteiger partial charge in [0.25, 0.3) is 0 Å². The molecule has 0 aliphatic carbocycles. The Morgan fingerprint density at radius 1 is 1.53 bits per heavy atom. The monoisotopic (exact) mass is 254 g/mol. The fourth-order valence-corrected chi connectivity index (χ4v) is 2.70. The number of fused-ring (bicyclic) bond motifs is 1. The molecule has 0 spiro atoms. The molecule has 0 amide bonds. The van der Waals surface area contributed by atoms with Crippen LogP contribution in [-0.2, 0) is 4.74 Å². The van der Waals surface area contributed by atoms with Crippen molar-refractivity contribution in [1.82, 2.24) is 4.98 Å². The molecule has 1 aromatic carbocycles. The molecular formula is C15H14N2O2. The largest absolute Gasteiger partial charge is 0.367 e. The lowest BCUT2D eigenvalue weighted by molar-refractivity contribution is 0.0215. The molecule has 1 atom stereocenters. The Labute approximate surface area is 111 Å². The summed E-state index contributed by atoms with van der Waals surface area (Å²) < 4.78 is 5.60. The number of carbonyl (C=O) groups excluding carboxylic acids is 1. The van der Waals surface area contributed by atoms with Crippen LogP contribution in [0.5, 0.6) is 0 Å². The van der Waals surface area contributed by atoms with E-state index in [1.807, 2.05) is 13.0 Å². The van der Waals surface area contributed by atoms with Gasteiger partial charge >= 0.3 is 0 Å². The van der Waals surface area contributed by atoms with E-state index in [2.05, 4.69) is 11.1 Å². The van der Waals surface area contributed by atoms with E-state index in [0.717, 1.165) is 18.4 Å². The van der Waals surface area contributed by atoms with Crippen molar-refractivity contribution in [3.8, 4) is 6.07 Å². The molecule has 1 saturated heterocycles. The molecule has 1 aliphatic heterocycles. The van der Waals surface area contributed by atoms with Gasteiger partial charge < -0.3 is 9.72 Å². The van der Waals surface area contributed by atoms with E-state index < -0.39 is 5.60 Å². The van der Waals surface area contributed by atoms with E-state index in [0.29, 0.717) is 23.1 Å². The van der Waals surface area contributed by atoms with Gasteiger partial charge in [-0.1, -0.05) is 6.07 Å². The van der Waals surface area contributed by atoms with Crippen molar-refractivity contribution in [2.24, 2.45) is 0 Å². The maximum absolute atomic E-state index is 12.7. The lowest BCUT2D eigenvalue weighted by Crippen LogP contribution is -2.34. The van der Waals surface area contributed by atoms with Gasteiger partial charge in [0.1, 0.15) is 5.60 Å². The van der Waals surface area contributed by atoms with Crippen molar-refractivity contribution in [3.63, 3.8) is 0 Å². The molecule has 96 valence electrons. The number of carbonyl (C=O) groups is 1. The third-order valence-corrected chi connectivity index (χ3v) is 3.77. The standard InChI is InChI=1S/C15H14N2O2/c1-15(6-3-7-19-15)14(18)11-9-17-12-5-2-4-10(8-16)13(11)12/h2,4-5,9,17H,3,6-7H2,1H3. The molecule has 1 aliphatic rings. The second-order valence-corrected chi connectivity index (χ2v) is 5.05. The number of Topliss-reactive ketones (excluding diaryl/α,β-unsaturated/α-hetero) is 1. The summed E-state index contributed by atoms with van der Waals surface area (Å²) in [5, 5.41) is 9.88. The van der Waals surface area contributed by atoms with Crippen LogP contribution < -0.4 is 0 Å². The van der Waals surface area contributed by atoms with Gasteiger partial charge in [-0.3, -0.25) is 4.79 Å². The van der Waals surface area contributed by atoms with Crippen LogP contribution in [0.2, 0.25) is 0 Å². The van der Waals surface area contributed by atoms with Crippen LogP contribution in [0.15, 0.2) is 24.4 Å². The zero-order chi connectivity index (χ0) is 13.5. The highest BCUT2D eigenvalue weighted by molar-refractivity contribution is 6.13. The Morgan fingerprint density at radius 2 is 2.37 bits per heavy atom. The first-order valence-corrected chi connectivity index (χ1v) is 6.35. The number of ketones is 1. The number of benzene rings is 1. The topological polar surface area (TPSA) is 65.9 Å². The van der Waals surface area contributed by atoms with E-state index in [4.69, 9.17) is 4.74 Å². The minimum Gasteiger partial charge on any atom is -0.367 e. The van der Waals surface area contributed by atoms with Crippen molar-refractivity contribution < 1.29 is 9.53 Å². The Hall–Kier alpha value is -2.12. The molecule has 0 saturated carbocycles. The molecule has 4 nitrogen and oxygen atoms in total. The number of rotatable bonds is 2. The van der Waals surface area contributed by atoms with Crippen LogP contribution in [-0.4, -0.2) is 23.0 Å². The van der Waals surface area contributed by atoms with E-state index in [9.17, 15) is 10.1 Å². The van der Waals surface area contributed by atoms with Crippen molar-refractivity contribution in [2.75, 3.05) is 6.61 Å². The Morgan fingerprint density at radius 3 is 3.05 bits per heavy atom. The van der Waals surface area contributed by atoms with Crippen LogP contribution in [0.1, 0.15) is 35.7 Å². The van der Waals surface area contributed by atoms with Gasteiger partial charge in [0.15, 0.2) is 5.78 Å². The van der Waals surface area contributed by atoms with Crippen molar-refractivity contribution >= 4 is 16.7 Å². The lowest BCUT2D eigenvalue weighted by Gasteiger charge is -2.20. The highest BCUT2D eigenvalue weighted by Crippen LogP contribution is 2.32. The van der Waals surface area contributed by atoms with Gasteiger partial charge in [0, 0.05) is 29.3 Å². The molecule has 1 N–H and O–H groups in total. The molecule has 0 radical (unpaired) electrons. The highest BCUT2D eigenvalue weighted by atomic mass is 16.5. The number of H-pyrrole nitrogens is 1. The first-order chi connectivity index (χ1) is 9.15. The number of hydrogen-bond donors (Lipinski definition) is 1. The van der Waals surface area contributed by atoms with E-state index in [1.165, 1.54) is 0 Å². The molecule has 2 heterocycles. The maximum Gasteiger partial charge on any atom is 0.196 e. The van der Waals surface area contributed by atoms with Gasteiger partial charge in [-0.25, -0.2) is 0 Å². The summed E-state index contributed by atoms with van der Waals surface area (Å²) in [6, 6.07) is 7.54. The fraction of sp³-hybridized carbons (Fsp3) is 0.333. The maximum atomic E-state index is 12.7. The van der Waals surface area contributed by atoms with Gasteiger partial charge in [-0.15, -0.1) is 0 Å². The molecule has 4 heteroatoms. The van der Waals surface area contributed by atoms with Crippen LogP contribution in [0.3, 0.4) is 0 Å². The summed E-state index contributed by atoms with van der Waals surface area (Å²) in [5.74, 6) is -0.0426. The van der Waals surface area contributed by atoms with Gasteiger partial charge in [-0.2, -0.15) is 5.26 Å². The van der Waals surface area contributed by atoms with E-state index in [-0.39, 0.29) is 5.78 Å². The third kappa shape index (κ3) is 1.74. The number of aromatic nitrogens is 1. The molecule has 0 bridgehead atoms. The number of aromatic amines is 1. The first-order valence-electron chi connectivity index (χ1n) is 6.35. The van der Waals surface area contributed by atoms with Crippen LogP contribution in [0.4, 0.5) is 0 Å². The quantitative estimate of drug-likeness (QED) is 0.838. The van der Waals surface area contributed by atoms with Gasteiger partial charge in [-0.05, 0) is 31.9 Å². The normalized spacial score (nSPS) is 22.5. The summed E-state index contributed by atoms with van der Waals surface area (Å²) in [6.07, 6.45) is 3.31. The summed E-state index contributed by atoms with van der Waals surface area (Å²) in [4.78, 5) is 15.7. The third-order valence-electron chi connectivity index (χ3n) is 3.77. The lowest BCUT2D eigenvalue weighted by atomic mass is 9.91. The number of nitriles is 1. The summed E-state index contributed by atoms with van der Waals surface area (Å²) >= 11 is 0. The van der Waals surface area contributed by atoms with Crippen molar-refractivity contribution in [3.05, 3.63) is 35.5 Å². The minimum absolute atomic E-state index is 0.0426. The van der Waals surface area contributed by atoms with E-state index >= 15 is 0 Å². The molecule has 1 fully saturated rings. The van der Waals surface area contributed by atoms with Gasteiger partial charge in [0.2, 0.25) is 0 Å². The van der Waals surface area contributed by atoms with Crippen molar-refractivity contribution in [2.45, 2.75) is 25.4 Å². The zero-order valence-corrected chi connectivity index (χ0v) is 10.7. The smallest absolute Gasteiger partial charge is 0.196 e. The predicted molar refractivity (Wildman–Crippen MR) is 70.9 cm³/mol. The number of nitrogens with one attached hydrogen (secondary N) is 1. The van der Waals surface area contributed by atoms with E-state index in [1.54, 1.807) is 18.3 Å². The Bertz CT molecular complexity index is 688. The zero-order valence-electron chi connectivity index (χ0n) is 10.7. The molecule has 19 heavy (non-hydrogen) atoms. The highest BCUT2D eigenvalue weighted by Gasteiger charge is 2.39. The molecule has 2 aromatic rings. The SMILES string of the molecule is CC1(C(=O)c2c[nH]c3cccc(C#N)c23)CCCO1. The molecule has 3 rings (SSSR count). The molecule has 1 unspecified atom stereocenters. The second kappa shape index (κ2) is 4.22. The average Bonchev–Trinajstić information content (AvgIpc) is 3.04. The molecule has 1 aromatic heterocycles. The van der Waals surface area contributed by atoms with Crippen LogP contribution >= 0.6 is 0 Å². The number of nitrogens with zero attached hydrogens (tertiary/aromatic N) is 1. The second-order valence-electron chi connectivity index (χ2n) is 5.05. The van der Waals surface area contributed by atoms with Crippen LogP contribution in [0, 0.1) is 11.3 Å². The van der Waals surface area contributed by atoms with Crippen molar-refractivity contribution in [1.29, 1.82) is 5.26 Å². The summed E-state index contributed by atoms with van der Waals surface area (Å²) in [6.45, 7) is 2.45. The van der Waals surface area contributed by atoms with Gasteiger partial charge in [0.05, 0.1) is 11.6 Å². The summed E-state index contributed by atoms with van der Waals surface area (Å²) in [5.41, 5.74) is 1.13. The average molecular weight is 254 g/mol. The van der Waals surface area contributed by atoms with Crippen LogP contribution in [0.25, 0.3) is 10.9 Å². The minimum atomic E-state index is -0.752. The Balaban J connectivity index is 2.16. The predicted octanol–water partition coefficient (Wildman–Crippen LogP) is 2.79. The summed E-state index contributed by atoms with van der Waals surface area (Å²) in [7, 11) is 0. The fourth-order valence-electron chi connectivity index (χ4n) is 2.70. The molecular weight excluding hydrogens is 240 g/mol. The number of ether oxygens (including phenoxy) is 1.